The smallest absolute Gasteiger partial charge is 0.188 e. The molecule has 1 heterocycles. The quantitative estimate of drug-likeness (QED) is 0.591. The van der Waals surface area contributed by atoms with Gasteiger partial charge in [0.2, 0.25) is 0 Å². The minimum absolute atomic E-state index is 0.234. The average Bonchev–Trinajstić information content (AvgIpc) is 2.08. The number of rotatable bonds is 1. The average molecular weight is 166 g/mol. The Morgan fingerprint density at radius 2 is 2.22 bits per heavy atom. The minimum atomic E-state index is -4.44. The third-order valence-corrected chi connectivity index (χ3v) is 2.90. The van der Waals surface area contributed by atoms with Crippen LogP contribution in [0.5, 0.6) is 0 Å². The summed E-state index contributed by atoms with van der Waals surface area (Å²) in [6, 6.07) is 2.71. The monoisotopic (exact) mass is 166 g/mol. The summed E-state index contributed by atoms with van der Waals surface area (Å²) in [6.45, 7) is 0. The molecule has 0 saturated heterocycles. The molecule has 50 valence electrons. The number of thiophene rings is 1. The molecule has 5 heteroatoms. The van der Waals surface area contributed by atoms with Gasteiger partial charge >= 0.3 is 10.2 Å². The molecular formula is C4H3FO2S2. The van der Waals surface area contributed by atoms with Crippen LogP contribution < -0.4 is 0 Å². The first-order valence-corrected chi connectivity index (χ1v) is 4.35. The van der Waals surface area contributed by atoms with Crippen LogP contribution in [0.3, 0.4) is 0 Å². The maximum Gasteiger partial charge on any atom is 0.341 e. The zero-order chi connectivity index (χ0) is 6.91. The highest BCUT2D eigenvalue weighted by molar-refractivity contribution is 7.88. The van der Waals surface area contributed by atoms with Gasteiger partial charge < -0.3 is 0 Å². The maximum atomic E-state index is 11.9. The van der Waals surface area contributed by atoms with Crippen LogP contribution in [-0.2, 0) is 10.2 Å². The van der Waals surface area contributed by atoms with Gasteiger partial charge in [-0.2, -0.15) is 8.42 Å². The first-order valence-electron chi connectivity index (χ1n) is 2.09. The van der Waals surface area contributed by atoms with Crippen molar-refractivity contribution >= 4 is 21.6 Å². The summed E-state index contributed by atoms with van der Waals surface area (Å²) in [5.41, 5.74) is 0. The molecule has 0 N–H and O–H groups in total. The van der Waals surface area contributed by atoms with Crippen molar-refractivity contribution in [2.24, 2.45) is 0 Å². The zero-order valence-electron chi connectivity index (χ0n) is 4.24. The predicted molar refractivity (Wildman–Crippen MR) is 32.6 cm³/mol. The highest BCUT2D eigenvalue weighted by Gasteiger charge is 2.10. The van der Waals surface area contributed by atoms with Gasteiger partial charge in [-0.3, -0.25) is 0 Å². The third-order valence-electron chi connectivity index (χ3n) is 0.735. The van der Waals surface area contributed by atoms with E-state index in [9.17, 15) is 12.3 Å². The van der Waals surface area contributed by atoms with E-state index in [2.05, 4.69) is 0 Å². The van der Waals surface area contributed by atoms with Crippen molar-refractivity contribution < 1.29 is 12.3 Å². The van der Waals surface area contributed by atoms with Gasteiger partial charge in [-0.25, -0.2) is 0 Å². The zero-order valence-corrected chi connectivity index (χ0v) is 5.88. The molecule has 0 aliphatic heterocycles. The summed E-state index contributed by atoms with van der Waals surface area (Å²) in [5, 5.41) is 1.51. The Bertz CT molecular complexity index is 274. The minimum Gasteiger partial charge on any atom is -0.188 e. The molecule has 0 radical (unpaired) electrons. The van der Waals surface area contributed by atoms with E-state index >= 15 is 0 Å². The molecule has 0 aromatic carbocycles. The van der Waals surface area contributed by atoms with E-state index in [-0.39, 0.29) is 4.21 Å². The first-order chi connectivity index (χ1) is 4.11. The second-order valence-electron chi connectivity index (χ2n) is 1.37. The second kappa shape index (κ2) is 2.07. The molecule has 9 heavy (non-hydrogen) atoms. The SMILES string of the molecule is O=S(=O)(F)c1cccs1. The van der Waals surface area contributed by atoms with Crippen LogP contribution in [0.25, 0.3) is 0 Å². The van der Waals surface area contributed by atoms with Crippen molar-refractivity contribution in [1.29, 1.82) is 0 Å². The molecule has 0 aliphatic rings. The van der Waals surface area contributed by atoms with E-state index in [1.165, 1.54) is 17.5 Å². The first kappa shape index (κ1) is 6.70. The lowest BCUT2D eigenvalue weighted by atomic mass is 10.7. The van der Waals surface area contributed by atoms with E-state index in [4.69, 9.17) is 0 Å². The van der Waals surface area contributed by atoms with Gasteiger partial charge in [0, 0.05) is 0 Å². The number of hydrogen-bond acceptors (Lipinski definition) is 3. The summed E-state index contributed by atoms with van der Waals surface area (Å²) < 4.78 is 31.8. The van der Waals surface area contributed by atoms with Gasteiger partial charge in [0.15, 0.2) is 4.21 Å². The van der Waals surface area contributed by atoms with Crippen molar-refractivity contribution in [1.82, 2.24) is 0 Å². The number of hydrogen-bond donors (Lipinski definition) is 0. The molecule has 0 saturated carbocycles. The van der Waals surface area contributed by atoms with Gasteiger partial charge in [0.05, 0.1) is 0 Å². The maximum absolute atomic E-state index is 11.9. The molecule has 1 aromatic rings. The molecule has 1 aromatic heterocycles. The Kier molecular flexibility index (Phi) is 1.54. The lowest BCUT2D eigenvalue weighted by Crippen LogP contribution is -1.84. The van der Waals surface area contributed by atoms with Gasteiger partial charge in [-0.05, 0) is 11.4 Å². The Morgan fingerprint density at radius 3 is 2.44 bits per heavy atom. The fraction of sp³-hybridized carbons (Fsp3) is 0. The van der Waals surface area contributed by atoms with E-state index in [1.807, 2.05) is 0 Å². The van der Waals surface area contributed by atoms with Crippen LogP contribution in [0.1, 0.15) is 0 Å². The van der Waals surface area contributed by atoms with Crippen LogP contribution in [-0.4, -0.2) is 8.42 Å². The third kappa shape index (κ3) is 1.49. The summed E-state index contributed by atoms with van der Waals surface area (Å²) in [4.78, 5) is 0. The Labute approximate surface area is 56.2 Å². The van der Waals surface area contributed by atoms with Gasteiger partial charge in [-0.1, -0.05) is 9.95 Å². The van der Waals surface area contributed by atoms with Crippen molar-refractivity contribution in [3.05, 3.63) is 17.5 Å². The van der Waals surface area contributed by atoms with Crippen LogP contribution in [0.4, 0.5) is 3.89 Å². The van der Waals surface area contributed by atoms with Gasteiger partial charge in [0.25, 0.3) is 0 Å². The molecule has 0 amide bonds. The Hall–Kier alpha value is -0.420. The van der Waals surface area contributed by atoms with Crippen LogP contribution in [0, 0.1) is 0 Å². The lowest BCUT2D eigenvalue weighted by molar-refractivity contribution is 0.554. The molecule has 0 unspecified atom stereocenters. The molecule has 0 atom stereocenters. The topological polar surface area (TPSA) is 34.1 Å². The summed E-state index contributed by atoms with van der Waals surface area (Å²) in [6.07, 6.45) is 0. The standard InChI is InChI=1S/C4H3FO2S2/c5-9(6,7)4-2-1-3-8-4/h1-3H. The molecule has 0 bridgehead atoms. The van der Waals surface area contributed by atoms with Crippen molar-refractivity contribution in [3.63, 3.8) is 0 Å². The van der Waals surface area contributed by atoms with E-state index in [0.717, 1.165) is 11.3 Å². The Morgan fingerprint density at radius 1 is 1.56 bits per heavy atom. The predicted octanol–water partition coefficient (Wildman–Crippen LogP) is 1.41. The second-order valence-corrected chi connectivity index (χ2v) is 3.89. The molecule has 0 fully saturated rings. The normalized spacial score (nSPS) is 11.7. The lowest BCUT2D eigenvalue weighted by Gasteiger charge is -1.81. The Balaban J connectivity index is 3.20. The number of halogens is 1. The fourth-order valence-corrected chi connectivity index (χ4v) is 1.72. The van der Waals surface area contributed by atoms with Gasteiger partial charge in [-0.15, -0.1) is 11.3 Å². The van der Waals surface area contributed by atoms with Crippen LogP contribution in [0.2, 0.25) is 0 Å². The largest absolute Gasteiger partial charge is 0.341 e. The highest BCUT2D eigenvalue weighted by atomic mass is 32.3. The molecule has 2 nitrogen and oxygen atoms in total. The molecular weight excluding hydrogens is 163 g/mol. The van der Waals surface area contributed by atoms with Crippen molar-refractivity contribution in [2.75, 3.05) is 0 Å². The van der Waals surface area contributed by atoms with Crippen molar-refractivity contribution in [2.45, 2.75) is 4.21 Å². The van der Waals surface area contributed by atoms with E-state index < -0.39 is 10.2 Å². The van der Waals surface area contributed by atoms with Crippen molar-refractivity contribution in [3.8, 4) is 0 Å². The molecule has 1 rings (SSSR count). The summed E-state index contributed by atoms with van der Waals surface area (Å²) >= 11 is 0.867. The van der Waals surface area contributed by atoms with E-state index in [0.29, 0.717) is 0 Å². The van der Waals surface area contributed by atoms with Crippen LogP contribution in [0.15, 0.2) is 21.7 Å². The van der Waals surface area contributed by atoms with Crippen LogP contribution >= 0.6 is 11.3 Å². The van der Waals surface area contributed by atoms with E-state index in [1.54, 1.807) is 0 Å². The summed E-state index contributed by atoms with van der Waals surface area (Å²) in [7, 11) is -4.44. The fourth-order valence-electron chi connectivity index (χ4n) is 0.402. The van der Waals surface area contributed by atoms with Gasteiger partial charge in [0.1, 0.15) is 0 Å². The molecule has 0 spiro atoms. The highest BCUT2D eigenvalue weighted by Crippen LogP contribution is 2.17. The summed E-state index contributed by atoms with van der Waals surface area (Å²) in [5.74, 6) is 0. The molecule has 0 aliphatic carbocycles.